The van der Waals surface area contributed by atoms with Gasteiger partial charge in [-0.05, 0) is 12.8 Å². The fourth-order valence-corrected chi connectivity index (χ4v) is 1.58. The molecule has 0 fully saturated rings. The Morgan fingerprint density at radius 3 is 2.24 bits per heavy atom. The van der Waals surface area contributed by atoms with Gasteiger partial charge in [0.15, 0.2) is 6.10 Å². The zero-order valence-corrected chi connectivity index (χ0v) is 10.9. The molecule has 0 radical (unpaired) electrons. The van der Waals surface area contributed by atoms with Gasteiger partial charge in [-0.3, -0.25) is 0 Å². The van der Waals surface area contributed by atoms with Crippen LogP contribution in [0.5, 0.6) is 0 Å². The summed E-state index contributed by atoms with van der Waals surface area (Å²) in [7, 11) is 3.01. The number of amides is 2. The Morgan fingerprint density at radius 2 is 1.88 bits per heavy atom. The highest BCUT2D eigenvalue weighted by molar-refractivity contribution is 5.77. The van der Waals surface area contributed by atoms with Crippen molar-refractivity contribution in [3.63, 3.8) is 0 Å². The van der Waals surface area contributed by atoms with Crippen molar-refractivity contribution in [3.8, 4) is 0 Å². The van der Waals surface area contributed by atoms with Gasteiger partial charge in [0.05, 0.1) is 6.54 Å². The van der Waals surface area contributed by atoms with Crippen LogP contribution in [-0.4, -0.2) is 54.9 Å². The van der Waals surface area contributed by atoms with Crippen LogP contribution in [0.3, 0.4) is 0 Å². The number of hydrogen-bond acceptors (Lipinski definition) is 3. The van der Waals surface area contributed by atoms with E-state index in [-0.39, 0.29) is 18.6 Å². The number of rotatable bonds is 7. The zero-order valence-electron chi connectivity index (χ0n) is 10.9. The maximum Gasteiger partial charge on any atom is 0.334 e. The molecule has 0 bridgehead atoms. The molecule has 2 N–H and O–H groups in total. The molecule has 1 unspecified atom stereocenters. The summed E-state index contributed by atoms with van der Waals surface area (Å²) in [4.78, 5) is 24.0. The molecule has 100 valence electrons. The number of urea groups is 1. The molecule has 0 aromatic rings. The lowest BCUT2D eigenvalue weighted by Gasteiger charge is -2.26. The van der Waals surface area contributed by atoms with Crippen molar-refractivity contribution in [2.24, 2.45) is 0 Å². The number of carbonyl (C=O) groups is 2. The first-order valence-electron chi connectivity index (χ1n) is 5.74. The summed E-state index contributed by atoms with van der Waals surface area (Å²) in [5, 5.41) is 11.3. The van der Waals surface area contributed by atoms with Gasteiger partial charge in [0.2, 0.25) is 0 Å². The minimum absolute atomic E-state index is 0.0326. The van der Waals surface area contributed by atoms with Crippen LogP contribution in [0.1, 0.15) is 26.7 Å². The number of aliphatic carboxylic acids is 1. The van der Waals surface area contributed by atoms with Crippen LogP contribution >= 0.6 is 0 Å². The van der Waals surface area contributed by atoms with Crippen molar-refractivity contribution >= 4 is 12.0 Å². The third kappa shape index (κ3) is 5.04. The average Bonchev–Trinajstić information content (AvgIpc) is 2.30. The predicted octanol–water partition coefficient (Wildman–Crippen LogP) is 0.916. The summed E-state index contributed by atoms with van der Waals surface area (Å²) >= 11 is 0. The molecular weight excluding hydrogens is 224 g/mol. The van der Waals surface area contributed by atoms with Gasteiger partial charge in [-0.2, -0.15) is 0 Å². The van der Waals surface area contributed by atoms with Crippen LogP contribution in [0.15, 0.2) is 0 Å². The van der Waals surface area contributed by atoms with E-state index in [0.29, 0.717) is 0 Å². The highest BCUT2D eigenvalue weighted by Gasteiger charge is 2.20. The average molecular weight is 246 g/mol. The number of hydrogen-bond donors (Lipinski definition) is 2. The third-order valence-corrected chi connectivity index (χ3v) is 2.81. The Labute approximate surface area is 102 Å². The van der Waals surface area contributed by atoms with E-state index in [1.807, 2.05) is 13.8 Å². The van der Waals surface area contributed by atoms with Crippen molar-refractivity contribution in [3.05, 3.63) is 0 Å². The first-order valence-corrected chi connectivity index (χ1v) is 5.74. The molecule has 6 heteroatoms. The Bertz CT molecular complexity index is 254. The van der Waals surface area contributed by atoms with Gasteiger partial charge in [-0.1, -0.05) is 13.8 Å². The summed E-state index contributed by atoms with van der Waals surface area (Å²) in [5.41, 5.74) is 0. The topological polar surface area (TPSA) is 78.9 Å². The van der Waals surface area contributed by atoms with Gasteiger partial charge in [-0.25, -0.2) is 9.59 Å². The van der Waals surface area contributed by atoms with Crippen molar-refractivity contribution in [1.29, 1.82) is 0 Å². The largest absolute Gasteiger partial charge is 0.479 e. The summed E-state index contributed by atoms with van der Waals surface area (Å²) in [6, 6.07) is -0.108. The minimum Gasteiger partial charge on any atom is -0.479 e. The molecule has 2 amide bonds. The minimum atomic E-state index is -1.09. The first kappa shape index (κ1) is 15.7. The van der Waals surface area contributed by atoms with E-state index < -0.39 is 12.1 Å². The predicted molar refractivity (Wildman–Crippen MR) is 64.0 cm³/mol. The van der Waals surface area contributed by atoms with Crippen molar-refractivity contribution in [1.82, 2.24) is 10.2 Å². The summed E-state index contributed by atoms with van der Waals surface area (Å²) in [6.45, 7) is 3.98. The molecule has 0 aromatic carbocycles. The molecular formula is C11H22N2O4. The molecule has 0 aliphatic carbocycles. The Kier molecular flexibility index (Phi) is 7.29. The van der Waals surface area contributed by atoms with E-state index in [2.05, 4.69) is 5.32 Å². The van der Waals surface area contributed by atoms with Crippen molar-refractivity contribution in [2.45, 2.75) is 38.8 Å². The quantitative estimate of drug-likeness (QED) is 0.700. The molecule has 0 spiro atoms. The maximum atomic E-state index is 11.7. The van der Waals surface area contributed by atoms with E-state index in [1.54, 1.807) is 11.9 Å². The van der Waals surface area contributed by atoms with E-state index >= 15 is 0 Å². The summed E-state index contributed by atoms with van der Waals surface area (Å²) < 4.78 is 4.72. The van der Waals surface area contributed by atoms with Crippen LogP contribution in [-0.2, 0) is 9.53 Å². The molecule has 6 nitrogen and oxygen atoms in total. The maximum absolute atomic E-state index is 11.7. The lowest BCUT2D eigenvalue weighted by molar-refractivity contribution is -0.148. The van der Waals surface area contributed by atoms with E-state index in [9.17, 15) is 9.59 Å². The van der Waals surface area contributed by atoms with Gasteiger partial charge in [0.25, 0.3) is 0 Å². The molecule has 1 atom stereocenters. The highest BCUT2D eigenvalue weighted by Crippen LogP contribution is 2.05. The van der Waals surface area contributed by atoms with Crippen LogP contribution in [0.2, 0.25) is 0 Å². The number of nitrogens with one attached hydrogen (secondary N) is 1. The normalized spacial score (nSPS) is 12.3. The third-order valence-electron chi connectivity index (χ3n) is 2.81. The summed E-state index contributed by atoms with van der Waals surface area (Å²) in [6.07, 6.45) is 0.731. The van der Waals surface area contributed by atoms with Crippen molar-refractivity contribution in [2.75, 3.05) is 20.7 Å². The fourth-order valence-electron chi connectivity index (χ4n) is 1.58. The van der Waals surface area contributed by atoms with Gasteiger partial charge < -0.3 is 20.1 Å². The molecule has 17 heavy (non-hydrogen) atoms. The van der Waals surface area contributed by atoms with Crippen molar-refractivity contribution < 1.29 is 19.4 Å². The lowest BCUT2D eigenvalue weighted by Crippen LogP contribution is -2.46. The van der Waals surface area contributed by atoms with Gasteiger partial charge in [-0.15, -0.1) is 0 Å². The second-order valence-corrected chi connectivity index (χ2v) is 3.83. The van der Waals surface area contributed by atoms with Crippen LogP contribution in [0, 0.1) is 0 Å². The lowest BCUT2D eigenvalue weighted by atomic mass is 10.1. The number of nitrogens with zero attached hydrogens (tertiary/aromatic N) is 1. The Balaban J connectivity index is 4.21. The number of ether oxygens (including phenoxy) is 1. The SMILES string of the molecule is CCC(CC)N(C)C(=O)NCC(OC)C(=O)O. The van der Waals surface area contributed by atoms with E-state index in [4.69, 9.17) is 9.84 Å². The number of carboxylic acid groups (broad SMARTS) is 1. The molecule has 0 saturated heterocycles. The molecule has 0 aliphatic heterocycles. The fraction of sp³-hybridized carbons (Fsp3) is 0.818. The van der Waals surface area contributed by atoms with Gasteiger partial charge in [0.1, 0.15) is 0 Å². The molecule has 0 saturated carbocycles. The van der Waals surface area contributed by atoms with Crippen LogP contribution in [0.4, 0.5) is 4.79 Å². The Hall–Kier alpha value is -1.30. The molecule has 0 aromatic heterocycles. The van der Waals surface area contributed by atoms with E-state index in [1.165, 1.54) is 7.11 Å². The second kappa shape index (κ2) is 7.89. The first-order chi connectivity index (χ1) is 7.97. The molecule has 0 heterocycles. The van der Waals surface area contributed by atoms with Gasteiger partial charge >= 0.3 is 12.0 Å². The smallest absolute Gasteiger partial charge is 0.334 e. The standard InChI is InChI=1S/C11H22N2O4/c1-5-8(6-2)13(3)11(16)12-7-9(17-4)10(14)15/h8-9H,5-7H2,1-4H3,(H,12,16)(H,14,15). The molecule has 0 aliphatic rings. The highest BCUT2D eigenvalue weighted by atomic mass is 16.5. The number of methoxy groups -OCH3 is 1. The van der Waals surface area contributed by atoms with Gasteiger partial charge in [0, 0.05) is 20.2 Å². The number of carbonyl (C=O) groups excluding carboxylic acids is 1. The van der Waals surface area contributed by atoms with E-state index in [0.717, 1.165) is 12.8 Å². The molecule has 0 rings (SSSR count). The number of carboxylic acids is 1. The second-order valence-electron chi connectivity index (χ2n) is 3.83. The summed E-state index contributed by atoms with van der Waals surface area (Å²) in [5.74, 6) is -1.09. The van der Waals surface area contributed by atoms with Crippen LogP contribution in [0.25, 0.3) is 0 Å². The van der Waals surface area contributed by atoms with Crippen LogP contribution < -0.4 is 5.32 Å². The Morgan fingerprint density at radius 1 is 1.35 bits per heavy atom. The monoisotopic (exact) mass is 246 g/mol. The zero-order chi connectivity index (χ0) is 13.4.